The Morgan fingerprint density at radius 2 is 2.12 bits per heavy atom. The van der Waals surface area contributed by atoms with Gasteiger partial charge in [0.2, 0.25) is 0 Å². The summed E-state index contributed by atoms with van der Waals surface area (Å²) in [6.07, 6.45) is 1.46. The molecule has 1 aliphatic rings. The molecule has 1 aliphatic heterocycles. The van der Waals surface area contributed by atoms with E-state index < -0.39 is 11.5 Å². The van der Waals surface area contributed by atoms with Crippen molar-refractivity contribution in [1.29, 1.82) is 0 Å². The first-order chi connectivity index (χ1) is 11.9. The van der Waals surface area contributed by atoms with Crippen molar-refractivity contribution in [3.63, 3.8) is 0 Å². The zero-order valence-electron chi connectivity index (χ0n) is 13.6. The van der Waals surface area contributed by atoms with Crippen LogP contribution in [0.3, 0.4) is 0 Å². The molecule has 25 heavy (non-hydrogen) atoms. The SMILES string of the molecule is CCCCN1C(=O)C(O)(CC(=O)c2ccc(Cl)s2)c2cc(Br)ccc21. The summed E-state index contributed by atoms with van der Waals surface area (Å²) >= 11 is 10.4. The third-order valence-electron chi connectivity index (χ3n) is 4.29. The highest BCUT2D eigenvalue weighted by Crippen LogP contribution is 2.44. The predicted octanol–water partition coefficient (Wildman–Crippen LogP) is 4.77. The molecule has 4 nitrogen and oxygen atoms in total. The molecule has 0 saturated carbocycles. The van der Waals surface area contributed by atoms with E-state index in [-0.39, 0.29) is 12.2 Å². The lowest BCUT2D eigenvalue weighted by Crippen LogP contribution is -2.42. The van der Waals surface area contributed by atoms with Crippen LogP contribution in [0, 0.1) is 0 Å². The summed E-state index contributed by atoms with van der Waals surface area (Å²) in [4.78, 5) is 27.6. The van der Waals surface area contributed by atoms with Crippen LogP contribution in [0.2, 0.25) is 4.34 Å². The molecule has 0 spiro atoms. The number of amides is 1. The molecule has 3 rings (SSSR count). The number of aliphatic hydroxyl groups is 1. The largest absolute Gasteiger partial charge is 0.375 e. The van der Waals surface area contributed by atoms with Crippen molar-refractivity contribution in [1.82, 2.24) is 0 Å². The summed E-state index contributed by atoms with van der Waals surface area (Å²) in [5.74, 6) is -0.735. The normalized spacial score (nSPS) is 19.4. The highest BCUT2D eigenvalue weighted by atomic mass is 79.9. The average Bonchev–Trinajstić information content (AvgIpc) is 3.09. The van der Waals surface area contributed by atoms with Crippen LogP contribution in [-0.4, -0.2) is 23.3 Å². The fourth-order valence-electron chi connectivity index (χ4n) is 3.02. The number of thiophene rings is 1. The second-order valence-corrected chi connectivity index (χ2v) is 8.67. The van der Waals surface area contributed by atoms with Crippen molar-refractivity contribution in [2.45, 2.75) is 31.8 Å². The van der Waals surface area contributed by atoms with Crippen LogP contribution >= 0.6 is 38.9 Å². The molecule has 1 amide bonds. The average molecular weight is 443 g/mol. The van der Waals surface area contributed by atoms with E-state index in [1.54, 1.807) is 29.2 Å². The summed E-state index contributed by atoms with van der Waals surface area (Å²) in [5, 5.41) is 11.2. The lowest BCUT2D eigenvalue weighted by Gasteiger charge is -2.22. The maximum Gasteiger partial charge on any atom is 0.264 e. The molecular formula is C18H17BrClNO3S. The quantitative estimate of drug-likeness (QED) is 0.656. The molecule has 1 aromatic carbocycles. The molecule has 0 aliphatic carbocycles. The van der Waals surface area contributed by atoms with E-state index in [4.69, 9.17) is 11.6 Å². The standard InChI is InChI=1S/C18H17BrClNO3S/c1-2-3-8-21-13-5-4-11(19)9-12(13)18(24,17(21)23)10-14(22)15-6-7-16(20)25-15/h4-7,9,24H,2-3,8,10H2,1H3. The van der Waals surface area contributed by atoms with E-state index in [9.17, 15) is 14.7 Å². The molecule has 2 heterocycles. The molecule has 0 saturated heterocycles. The van der Waals surface area contributed by atoms with E-state index in [2.05, 4.69) is 15.9 Å². The number of carbonyl (C=O) groups is 2. The van der Waals surface area contributed by atoms with Gasteiger partial charge in [-0.1, -0.05) is 40.9 Å². The predicted molar refractivity (Wildman–Crippen MR) is 104 cm³/mol. The van der Waals surface area contributed by atoms with Gasteiger partial charge in [-0.25, -0.2) is 0 Å². The maximum absolute atomic E-state index is 13.0. The van der Waals surface area contributed by atoms with Crippen LogP contribution in [-0.2, 0) is 10.4 Å². The number of unbranched alkanes of at least 4 members (excludes halogenated alkanes) is 1. The number of nitrogens with zero attached hydrogens (tertiary/aromatic N) is 1. The monoisotopic (exact) mass is 441 g/mol. The van der Waals surface area contributed by atoms with Crippen LogP contribution < -0.4 is 4.90 Å². The Labute approximate surface area is 163 Å². The topological polar surface area (TPSA) is 57.6 Å². The van der Waals surface area contributed by atoms with Crippen molar-refractivity contribution in [3.8, 4) is 0 Å². The highest BCUT2D eigenvalue weighted by Gasteiger charge is 2.50. The number of hydrogen-bond donors (Lipinski definition) is 1. The van der Waals surface area contributed by atoms with Gasteiger partial charge in [0.1, 0.15) is 0 Å². The number of hydrogen-bond acceptors (Lipinski definition) is 4. The van der Waals surface area contributed by atoms with Crippen molar-refractivity contribution in [3.05, 3.63) is 49.6 Å². The summed E-state index contributed by atoms with van der Waals surface area (Å²) in [6.45, 7) is 2.56. The van der Waals surface area contributed by atoms with Gasteiger partial charge in [0, 0.05) is 16.6 Å². The minimum Gasteiger partial charge on any atom is -0.375 e. The van der Waals surface area contributed by atoms with E-state index in [0.717, 1.165) is 28.7 Å². The molecule has 132 valence electrons. The lowest BCUT2D eigenvalue weighted by molar-refractivity contribution is -0.135. The number of carbonyl (C=O) groups excluding carboxylic acids is 2. The number of Topliss-reactive ketones (excluding diaryl/α,β-unsaturated/α-hetero) is 1. The van der Waals surface area contributed by atoms with Gasteiger partial charge < -0.3 is 10.0 Å². The summed E-state index contributed by atoms with van der Waals surface area (Å²) < 4.78 is 1.25. The molecule has 7 heteroatoms. The Balaban J connectivity index is 1.98. The molecular weight excluding hydrogens is 426 g/mol. The first-order valence-electron chi connectivity index (χ1n) is 7.99. The Morgan fingerprint density at radius 3 is 2.76 bits per heavy atom. The molecule has 1 N–H and O–H groups in total. The number of halogens is 2. The van der Waals surface area contributed by atoms with Crippen molar-refractivity contribution < 1.29 is 14.7 Å². The molecule has 0 bridgehead atoms. The van der Waals surface area contributed by atoms with Crippen LogP contribution in [0.25, 0.3) is 0 Å². The fraction of sp³-hybridized carbons (Fsp3) is 0.333. The van der Waals surface area contributed by atoms with Gasteiger partial charge in [-0.2, -0.15) is 0 Å². The van der Waals surface area contributed by atoms with Crippen LogP contribution in [0.15, 0.2) is 34.8 Å². The van der Waals surface area contributed by atoms with Crippen molar-refractivity contribution >= 4 is 56.2 Å². The third-order valence-corrected chi connectivity index (χ3v) is 6.06. The second kappa shape index (κ2) is 7.19. The fourth-order valence-corrected chi connectivity index (χ4v) is 4.36. The highest BCUT2D eigenvalue weighted by molar-refractivity contribution is 9.10. The van der Waals surface area contributed by atoms with Gasteiger partial charge in [0.05, 0.1) is 21.3 Å². The Bertz CT molecular complexity index is 837. The molecule has 2 aromatic rings. The first kappa shape index (κ1) is 18.6. The third kappa shape index (κ3) is 3.40. The minimum atomic E-state index is -1.85. The number of ketones is 1. The number of rotatable bonds is 6. The first-order valence-corrected chi connectivity index (χ1v) is 9.98. The molecule has 1 atom stereocenters. The minimum absolute atomic E-state index is 0.295. The Hall–Kier alpha value is -1.21. The van der Waals surface area contributed by atoms with Gasteiger partial charge in [0.15, 0.2) is 11.4 Å². The van der Waals surface area contributed by atoms with E-state index in [1.807, 2.05) is 13.0 Å². The molecule has 0 fully saturated rings. The summed E-state index contributed by atoms with van der Waals surface area (Å²) in [7, 11) is 0. The van der Waals surface area contributed by atoms with Gasteiger partial charge in [-0.15, -0.1) is 11.3 Å². The molecule has 1 aromatic heterocycles. The van der Waals surface area contributed by atoms with Gasteiger partial charge in [-0.3, -0.25) is 9.59 Å². The molecule has 1 unspecified atom stereocenters. The maximum atomic E-state index is 13.0. The lowest BCUT2D eigenvalue weighted by atomic mass is 9.89. The Kier molecular flexibility index (Phi) is 5.34. The van der Waals surface area contributed by atoms with E-state index in [0.29, 0.717) is 27.0 Å². The zero-order chi connectivity index (χ0) is 18.2. The van der Waals surface area contributed by atoms with Crippen molar-refractivity contribution in [2.75, 3.05) is 11.4 Å². The van der Waals surface area contributed by atoms with Crippen LogP contribution in [0.5, 0.6) is 0 Å². The smallest absolute Gasteiger partial charge is 0.264 e. The van der Waals surface area contributed by atoms with E-state index >= 15 is 0 Å². The number of fused-ring (bicyclic) bond motifs is 1. The van der Waals surface area contributed by atoms with Gasteiger partial charge in [-0.05, 0) is 36.8 Å². The number of anilines is 1. The van der Waals surface area contributed by atoms with Crippen molar-refractivity contribution in [2.24, 2.45) is 0 Å². The van der Waals surface area contributed by atoms with Gasteiger partial charge in [0.25, 0.3) is 5.91 Å². The van der Waals surface area contributed by atoms with Crippen LogP contribution in [0.4, 0.5) is 5.69 Å². The Morgan fingerprint density at radius 1 is 1.36 bits per heavy atom. The summed E-state index contributed by atoms with van der Waals surface area (Å²) in [5.41, 5.74) is -0.708. The second-order valence-electron chi connectivity index (χ2n) is 6.04. The zero-order valence-corrected chi connectivity index (χ0v) is 16.7. The van der Waals surface area contributed by atoms with Gasteiger partial charge >= 0.3 is 0 Å². The van der Waals surface area contributed by atoms with Crippen LogP contribution in [0.1, 0.15) is 41.4 Å². The van der Waals surface area contributed by atoms with E-state index in [1.165, 1.54) is 0 Å². The number of benzene rings is 1. The molecule has 0 radical (unpaired) electrons. The summed E-state index contributed by atoms with van der Waals surface area (Å²) in [6, 6.07) is 8.61.